The van der Waals surface area contributed by atoms with E-state index in [1.165, 1.54) is 24.3 Å². The van der Waals surface area contributed by atoms with E-state index in [4.69, 9.17) is 5.26 Å². The van der Waals surface area contributed by atoms with Crippen molar-refractivity contribution in [3.05, 3.63) is 204 Å². The molecule has 0 spiro atoms. The standard InChI is InChI=1S/C33H35FN2O6.C33H35FN2O5.2Ca.2H/c1-21(2)31-30(33(40)35-25-11-7-4-8-12-25)29(22-9-5-3-6-10-22)32(23-13-15-24(34)16-14-23)36(31)18-17-26(37)19-27(42-41)20-28(38)39;1-21(2)31-30(33(41)35-25-11-7-4-8-12-25)29(22-9-5-3-6-10-22)32(23-13-15-24(34)16-14-23)36(31)18-17-26(37)19-27(38)20-28(39)40;;;;/h3-16,21,26-27,37,41H,17-20H2,1-2H3,(H,35,40)(H,38,39);3-16,21,26-27,37-38H,17-20H2,1-2H3,(H,35,41)(H,39,40);;;;/q;;;+2;;/p-2/t2*26-,27-;;;;/m11..../s1. The molecule has 15 nitrogen and oxygen atoms in total. The maximum absolute atomic E-state index is 14.1. The van der Waals surface area contributed by atoms with Crippen molar-refractivity contribution in [1.82, 2.24) is 9.13 Å². The van der Waals surface area contributed by atoms with Crippen molar-refractivity contribution in [3.8, 4) is 44.8 Å². The number of benzene rings is 6. The van der Waals surface area contributed by atoms with E-state index in [0.29, 0.717) is 56.1 Å². The Morgan fingerprint density at radius 1 is 0.494 bits per heavy atom. The van der Waals surface area contributed by atoms with E-state index in [2.05, 4.69) is 15.5 Å². The first-order valence-corrected chi connectivity index (χ1v) is 27.5. The molecular weight excluding hydrogens is 1140 g/mol. The quantitative estimate of drug-likeness (QED) is 0.0179. The maximum atomic E-state index is 14.1. The number of aliphatic hydroxyl groups is 3. The summed E-state index contributed by atoms with van der Waals surface area (Å²) < 4.78 is 32.0. The molecule has 0 radical (unpaired) electrons. The molecule has 8 rings (SSSR count). The predicted molar refractivity (Wildman–Crippen MR) is 325 cm³/mol. The number of aliphatic hydroxyl groups excluding tert-OH is 3. The summed E-state index contributed by atoms with van der Waals surface area (Å²) >= 11 is 0. The van der Waals surface area contributed by atoms with Crippen LogP contribution in [-0.2, 0) is 27.6 Å². The molecule has 0 saturated heterocycles. The van der Waals surface area contributed by atoms with Crippen LogP contribution in [0.25, 0.3) is 44.8 Å². The Kier molecular flexibility index (Phi) is 27.7. The second-order valence-corrected chi connectivity index (χ2v) is 20.9. The molecule has 2 heterocycles. The average molecular weight is 1210 g/mol. The van der Waals surface area contributed by atoms with Gasteiger partial charge in [0.2, 0.25) is 0 Å². The number of nitrogens with zero attached hydrogens (tertiary/aromatic N) is 2. The van der Waals surface area contributed by atoms with Crippen LogP contribution in [0.15, 0.2) is 170 Å². The summed E-state index contributed by atoms with van der Waals surface area (Å²) in [5.41, 5.74) is 9.35. The van der Waals surface area contributed by atoms with Crippen LogP contribution < -0.4 is 20.8 Å². The van der Waals surface area contributed by atoms with E-state index in [-0.39, 0.29) is 138 Å². The Hall–Kier alpha value is -6.06. The third-order valence-corrected chi connectivity index (χ3v) is 14.0. The van der Waals surface area contributed by atoms with Gasteiger partial charge in [0.25, 0.3) is 11.8 Å². The van der Waals surface area contributed by atoms with Gasteiger partial charge in [0.05, 0.1) is 40.8 Å². The third kappa shape index (κ3) is 19.0. The summed E-state index contributed by atoms with van der Waals surface area (Å²) in [5, 5.41) is 68.5. The summed E-state index contributed by atoms with van der Waals surface area (Å²) in [6, 6.07) is 49.3. The number of carboxylic acids is 2. The number of rotatable bonds is 25. The van der Waals surface area contributed by atoms with Gasteiger partial charge in [-0.2, -0.15) is 0 Å². The molecule has 0 aliphatic carbocycles. The molecule has 438 valence electrons. The molecule has 0 aliphatic rings. The normalized spacial score (nSPS) is 12.4. The fourth-order valence-corrected chi connectivity index (χ4v) is 10.5. The minimum atomic E-state index is -1.41. The van der Waals surface area contributed by atoms with E-state index in [0.717, 1.165) is 22.5 Å². The molecule has 4 atom stereocenters. The van der Waals surface area contributed by atoms with Crippen molar-refractivity contribution < 1.29 is 63.6 Å². The third-order valence-electron chi connectivity index (χ3n) is 14.0. The topological polar surface area (TPSA) is 238 Å². The van der Waals surface area contributed by atoms with E-state index in [9.17, 15) is 53.5 Å². The van der Waals surface area contributed by atoms with Gasteiger partial charge in [-0.1, -0.05) is 125 Å². The van der Waals surface area contributed by atoms with Crippen molar-refractivity contribution >= 4 is 111 Å². The van der Waals surface area contributed by atoms with Crippen LogP contribution in [0.2, 0.25) is 0 Å². The molecule has 2 aromatic heterocycles. The second kappa shape index (κ2) is 33.7. The van der Waals surface area contributed by atoms with Crippen molar-refractivity contribution in [1.29, 1.82) is 0 Å². The van der Waals surface area contributed by atoms with E-state index < -0.39 is 60.8 Å². The molecule has 6 N–H and O–H groups in total. The van der Waals surface area contributed by atoms with Crippen molar-refractivity contribution in [3.63, 3.8) is 0 Å². The molecule has 0 fully saturated rings. The Labute approximate surface area is 553 Å². The number of carbonyl (C=O) groups excluding carboxylic acids is 4. The summed E-state index contributed by atoms with van der Waals surface area (Å²) in [6.45, 7) is 8.41. The molecule has 85 heavy (non-hydrogen) atoms. The number of aliphatic carboxylic acids is 2. The number of halogens is 2. The Bertz CT molecular complexity index is 3420. The molecule has 2 amide bonds. The number of amides is 2. The molecule has 6 aromatic carbocycles. The Morgan fingerprint density at radius 2 is 0.835 bits per heavy atom. The summed E-state index contributed by atoms with van der Waals surface area (Å²) in [4.78, 5) is 54.2. The van der Waals surface area contributed by atoms with Gasteiger partial charge in [-0.25, -0.2) is 13.7 Å². The summed E-state index contributed by atoms with van der Waals surface area (Å²) in [5.74, 6) is -4.46. The molecule has 0 saturated carbocycles. The molecule has 19 heteroatoms. The molecule has 0 aliphatic heterocycles. The zero-order valence-electron chi connectivity index (χ0n) is 47.3. The van der Waals surface area contributed by atoms with Gasteiger partial charge >= 0.3 is 75.5 Å². The van der Waals surface area contributed by atoms with Gasteiger partial charge in [-0.3, -0.25) is 14.8 Å². The Morgan fingerprint density at radius 3 is 1.16 bits per heavy atom. The van der Waals surface area contributed by atoms with Crippen LogP contribution in [-0.4, -0.2) is 153 Å². The summed E-state index contributed by atoms with van der Waals surface area (Å²) in [6.07, 6.45) is -5.49. The van der Waals surface area contributed by atoms with Gasteiger partial charge in [0.15, 0.2) is 0 Å². The fourth-order valence-electron chi connectivity index (χ4n) is 10.5. The second-order valence-electron chi connectivity index (χ2n) is 20.9. The first kappa shape index (κ1) is 69.7. The van der Waals surface area contributed by atoms with E-state index in [1.807, 2.05) is 134 Å². The van der Waals surface area contributed by atoms with Crippen molar-refractivity contribution in [2.75, 3.05) is 10.6 Å². The first-order chi connectivity index (χ1) is 39.8. The number of para-hydroxylation sites is 2. The Balaban J connectivity index is 0.000000304. The monoisotopic (exact) mass is 1210 g/mol. The minimum absolute atomic E-state index is 0. The van der Waals surface area contributed by atoms with Crippen LogP contribution in [0.4, 0.5) is 20.2 Å². The number of hydrogen-bond acceptors (Lipinski definition) is 11. The SMILES string of the molecule is CC(C)c1c(C(=O)Nc2ccccc2)c(-c2ccccc2)c(-c2ccc(F)cc2)n1CC[C@@H](O)C[C@@H](O)CC(=O)[O-].CC(C)c1c(C(=O)Nc2ccccc2)c(-c2ccccc2)c(-c2ccc(F)cc2)n1CC[C@@H](O)C[C@H](CC(=O)[O-])OO.[Ca+2].[CaH2]. The molecular formula is C66H70Ca2F2N4O11. The molecule has 0 unspecified atom stereocenters. The van der Waals surface area contributed by atoms with Crippen LogP contribution in [0, 0.1) is 11.6 Å². The number of hydrogen-bond donors (Lipinski definition) is 6. The van der Waals surface area contributed by atoms with Crippen molar-refractivity contribution in [2.24, 2.45) is 0 Å². The van der Waals surface area contributed by atoms with Gasteiger partial charge in [-0.15, -0.1) is 0 Å². The number of nitrogens with one attached hydrogen (secondary N) is 2. The van der Waals surface area contributed by atoms with Gasteiger partial charge < -0.3 is 54.9 Å². The average Bonchev–Trinajstić information content (AvgIpc) is 1.87. The summed E-state index contributed by atoms with van der Waals surface area (Å²) in [7, 11) is 0. The predicted octanol–water partition coefficient (Wildman–Crippen LogP) is 9.16. The number of carboxylic acid groups (broad SMARTS) is 2. The van der Waals surface area contributed by atoms with Crippen molar-refractivity contribution in [2.45, 2.75) is 116 Å². The molecule has 8 aromatic rings. The first-order valence-electron chi connectivity index (χ1n) is 27.5. The number of carbonyl (C=O) groups is 4. The zero-order chi connectivity index (χ0) is 59.7. The molecule has 0 bridgehead atoms. The van der Waals surface area contributed by atoms with Crippen LogP contribution in [0.5, 0.6) is 0 Å². The van der Waals surface area contributed by atoms with Crippen LogP contribution >= 0.6 is 0 Å². The van der Waals surface area contributed by atoms with Crippen LogP contribution in [0.3, 0.4) is 0 Å². The number of aromatic nitrogens is 2. The number of anilines is 2. The van der Waals surface area contributed by atoms with Crippen LogP contribution in [0.1, 0.15) is 110 Å². The fraction of sp³-hybridized carbons (Fsp3) is 0.273. The van der Waals surface area contributed by atoms with E-state index in [1.54, 1.807) is 48.5 Å². The van der Waals surface area contributed by atoms with Gasteiger partial charge in [0, 0.05) is 78.2 Å². The zero-order valence-corrected chi connectivity index (χ0v) is 49.5. The van der Waals surface area contributed by atoms with Gasteiger partial charge in [-0.05, 0) is 126 Å². The van der Waals surface area contributed by atoms with Gasteiger partial charge in [0.1, 0.15) is 17.7 Å². The van der Waals surface area contributed by atoms with E-state index >= 15 is 0 Å².